The molecule has 0 aromatic heterocycles. The van der Waals surface area contributed by atoms with Gasteiger partial charge in [0.25, 0.3) is 0 Å². The number of benzene rings is 1. The van der Waals surface area contributed by atoms with E-state index in [1.807, 2.05) is 30.3 Å². The number of hydrogen-bond acceptors (Lipinski definition) is 2. The number of nitrogens with one attached hydrogen (secondary N) is 1. The van der Waals surface area contributed by atoms with E-state index in [9.17, 15) is 4.79 Å². The van der Waals surface area contributed by atoms with Gasteiger partial charge in [0.05, 0.1) is 6.21 Å². The summed E-state index contributed by atoms with van der Waals surface area (Å²) in [6.07, 6.45) is 13.6. The average molecular weight is 302 g/mol. The van der Waals surface area contributed by atoms with Crippen LogP contribution >= 0.6 is 0 Å². The number of hydrogen-bond donors (Lipinski definition) is 1. The minimum absolute atomic E-state index is 0.00938. The molecule has 1 N–H and O–H groups in total. The molecular formula is C19H30N2O. The molecule has 0 radical (unpaired) electrons. The molecule has 3 heteroatoms. The Morgan fingerprint density at radius 1 is 0.955 bits per heavy atom. The van der Waals surface area contributed by atoms with Crippen molar-refractivity contribution in [1.29, 1.82) is 0 Å². The van der Waals surface area contributed by atoms with Gasteiger partial charge >= 0.3 is 0 Å². The molecule has 0 atom stereocenters. The van der Waals surface area contributed by atoms with E-state index in [-0.39, 0.29) is 5.91 Å². The van der Waals surface area contributed by atoms with Crippen molar-refractivity contribution in [2.24, 2.45) is 5.10 Å². The van der Waals surface area contributed by atoms with Crippen molar-refractivity contribution < 1.29 is 4.79 Å². The molecule has 0 saturated heterocycles. The zero-order valence-electron chi connectivity index (χ0n) is 13.9. The van der Waals surface area contributed by atoms with E-state index in [2.05, 4.69) is 17.5 Å². The van der Waals surface area contributed by atoms with Crippen LogP contribution in [0.5, 0.6) is 0 Å². The van der Waals surface area contributed by atoms with Crippen molar-refractivity contribution in [2.75, 3.05) is 0 Å². The van der Waals surface area contributed by atoms with Crippen molar-refractivity contribution in [3.8, 4) is 0 Å². The molecule has 0 heterocycles. The summed E-state index contributed by atoms with van der Waals surface area (Å²) in [5, 5.41) is 3.97. The highest BCUT2D eigenvalue weighted by molar-refractivity contribution is 5.82. The van der Waals surface area contributed by atoms with E-state index in [0.29, 0.717) is 6.42 Å². The van der Waals surface area contributed by atoms with Crippen LogP contribution in [0.2, 0.25) is 0 Å². The van der Waals surface area contributed by atoms with Gasteiger partial charge in [-0.2, -0.15) is 5.10 Å². The van der Waals surface area contributed by atoms with Crippen LogP contribution in [0.25, 0.3) is 0 Å². The molecule has 0 aliphatic rings. The normalized spacial score (nSPS) is 11.0. The predicted octanol–water partition coefficient (Wildman–Crippen LogP) is 5.06. The van der Waals surface area contributed by atoms with Gasteiger partial charge in [0.1, 0.15) is 0 Å². The Kier molecular flexibility index (Phi) is 10.9. The first-order chi connectivity index (χ1) is 10.8. The van der Waals surface area contributed by atoms with Crippen molar-refractivity contribution in [1.82, 2.24) is 5.43 Å². The smallest absolute Gasteiger partial charge is 0.240 e. The summed E-state index contributed by atoms with van der Waals surface area (Å²) >= 11 is 0. The summed E-state index contributed by atoms with van der Waals surface area (Å²) in [4.78, 5) is 11.6. The maximum absolute atomic E-state index is 11.6. The Morgan fingerprint density at radius 2 is 1.55 bits per heavy atom. The van der Waals surface area contributed by atoms with Gasteiger partial charge in [-0.15, -0.1) is 0 Å². The first-order valence-electron chi connectivity index (χ1n) is 8.70. The molecule has 0 unspecified atom stereocenters. The van der Waals surface area contributed by atoms with E-state index in [1.54, 1.807) is 6.21 Å². The quantitative estimate of drug-likeness (QED) is 0.327. The topological polar surface area (TPSA) is 41.5 Å². The second-order valence-electron chi connectivity index (χ2n) is 5.78. The SMILES string of the molecule is CCCCCCCCCCCC(=O)N/N=C/c1ccccc1. The second-order valence-corrected chi connectivity index (χ2v) is 5.78. The minimum atomic E-state index is 0.00938. The predicted molar refractivity (Wildman–Crippen MR) is 94.0 cm³/mol. The first-order valence-corrected chi connectivity index (χ1v) is 8.70. The van der Waals surface area contributed by atoms with E-state index >= 15 is 0 Å². The summed E-state index contributed by atoms with van der Waals surface area (Å²) in [7, 11) is 0. The lowest BCUT2D eigenvalue weighted by atomic mass is 10.1. The van der Waals surface area contributed by atoms with Crippen LogP contribution in [-0.4, -0.2) is 12.1 Å². The van der Waals surface area contributed by atoms with E-state index < -0.39 is 0 Å². The van der Waals surface area contributed by atoms with E-state index in [0.717, 1.165) is 18.4 Å². The lowest BCUT2D eigenvalue weighted by molar-refractivity contribution is -0.121. The van der Waals surface area contributed by atoms with E-state index in [1.165, 1.54) is 44.9 Å². The Balaban J connectivity index is 1.94. The van der Waals surface area contributed by atoms with Crippen LogP contribution in [0, 0.1) is 0 Å². The van der Waals surface area contributed by atoms with Crippen LogP contribution in [-0.2, 0) is 4.79 Å². The molecule has 3 nitrogen and oxygen atoms in total. The molecule has 0 aliphatic heterocycles. The molecule has 0 aliphatic carbocycles. The molecule has 0 spiro atoms. The molecular weight excluding hydrogens is 272 g/mol. The summed E-state index contributed by atoms with van der Waals surface area (Å²) in [6, 6.07) is 9.77. The van der Waals surface area contributed by atoms with Crippen LogP contribution in [0.3, 0.4) is 0 Å². The fourth-order valence-corrected chi connectivity index (χ4v) is 2.37. The largest absolute Gasteiger partial charge is 0.273 e. The fourth-order valence-electron chi connectivity index (χ4n) is 2.37. The molecule has 0 fully saturated rings. The summed E-state index contributed by atoms with van der Waals surface area (Å²) in [6.45, 7) is 2.24. The summed E-state index contributed by atoms with van der Waals surface area (Å²) in [5.41, 5.74) is 3.58. The third kappa shape index (κ3) is 10.1. The number of amides is 1. The Hall–Kier alpha value is -1.64. The Morgan fingerprint density at radius 3 is 2.18 bits per heavy atom. The number of nitrogens with zero attached hydrogens (tertiary/aromatic N) is 1. The average Bonchev–Trinajstić information content (AvgIpc) is 2.54. The number of unbranched alkanes of at least 4 members (excludes halogenated alkanes) is 8. The highest BCUT2D eigenvalue weighted by Crippen LogP contribution is 2.10. The van der Waals surface area contributed by atoms with Crippen LogP contribution < -0.4 is 5.43 Å². The molecule has 122 valence electrons. The van der Waals surface area contributed by atoms with Crippen LogP contribution in [0.1, 0.15) is 76.7 Å². The molecule has 1 amide bonds. The maximum atomic E-state index is 11.6. The number of carbonyl (C=O) groups excluding carboxylic acids is 1. The lowest BCUT2D eigenvalue weighted by Gasteiger charge is -2.02. The Bertz CT molecular complexity index is 415. The van der Waals surface area contributed by atoms with Gasteiger partial charge in [0, 0.05) is 6.42 Å². The molecule has 1 rings (SSSR count). The third-order valence-corrected chi connectivity index (χ3v) is 3.71. The molecule has 1 aromatic rings. The van der Waals surface area contributed by atoms with Gasteiger partial charge < -0.3 is 0 Å². The lowest BCUT2D eigenvalue weighted by Crippen LogP contribution is -2.16. The summed E-state index contributed by atoms with van der Waals surface area (Å²) < 4.78 is 0. The van der Waals surface area contributed by atoms with Crippen LogP contribution in [0.4, 0.5) is 0 Å². The van der Waals surface area contributed by atoms with Gasteiger partial charge in [-0.25, -0.2) is 5.43 Å². The maximum Gasteiger partial charge on any atom is 0.240 e. The van der Waals surface area contributed by atoms with Gasteiger partial charge in [-0.1, -0.05) is 88.6 Å². The van der Waals surface area contributed by atoms with Gasteiger partial charge in [-0.3, -0.25) is 4.79 Å². The van der Waals surface area contributed by atoms with Gasteiger partial charge in [-0.05, 0) is 12.0 Å². The minimum Gasteiger partial charge on any atom is -0.273 e. The standard InChI is InChI=1S/C19H30N2O/c1-2-3-4-5-6-7-8-9-13-16-19(22)21-20-17-18-14-11-10-12-15-18/h10-12,14-15,17H,2-9,13,16H2,1H3,(H,21,22)/b20-17+. The molecule has 0 saturated carbocycles. The van der Waals surface area contributed by atoms with Crippen molar-refractivity contribution in [3.63, 3.8) is 0 Å². The number of hydrazone groups is 1. The van der Waals surface area contributed by atoms with Crippen molar-refractivity contribution in [2.45, 2.75) is 71.1 Å². The third-order valence-electron chi connectivity index (χ3n) is 3.71. The summed E-state index contributed by atoms with van der Waals surface area (Å²) in [5.74, 6) is 0.00938. The second kappa shape index (κ2) is 13.1. The van der Waals surface area contributed by atoms with Crippen molar-refractivity contribution in [3.05, 3.63) is 35.9 Å². The van der Waals surface area contributed by atoms with Crippen molar-refractivity contribution >= 4 is 12.1 Å². The Labute approximate surface area is 135 Å². The highest BCUT2D eigenvalue weighted by atomic mass is 16.2. The zero-order valence-corrected chi connectivity index (χ0v) is 13.9. The molecule has 0 bridgehead atoms. The van der Waals surface area contributed by atoms with Gasteiger partial charge in [0.2, 0.25) is 5.91 Å². The van der Waals surface area contributed by atoms with E-state index in [4.69, 9.17) is 0 Å². The van der Waals surface area contributed by atoms with Gasteiger partial charge in [0.15, 0.2) is 0 Å². The zero-order chi connectivity index (χ0) is 15.9. The van der Waals surface area contributed by atoms with Crippen LogP contribution in [0.15, 0.2) is 35.4 Å². The fraction of sp³-hybridized carbons (Fsp3) is 0.579. The monoisotopic (exact) mass is 302 g/mol. The number of rotatable bonds is 12. The highest BCUT2D eigenvalue weighted by Gasteiger charge is 1.99. The molecule has 22 heavy (non-hydrogen) atoms. The number of carbonyl (C=O) groups is 1. The first kappa shape index (κ1) is 18.4. The molecule has 1 aromatic carbocycles.